The van der Waals surface area contributed by atoms with Crippen LogP contribution in [0.3, 0.4) is 0 Å². The minimum Gasteiger partial charge on any atom is -0.347 e. The normalized spacial score (nSPS) is 17.9. The Morgan fingerprint density at radius 1 is 1.36 bits per heavy atom. The molecule has 0 radical (unpaired) electrons. The quantitative estimate of drug-likeness (QED) is 0.783. The van der Waals surface area contributed by atoms with Crippen molar-refractivity contribution in [3.8, 4) is 0 Å². The first-order chi connectivity index (χ1) is 6.83. The molecule has 1 aliphatic carbocycles. The lowest BCUT2D eigenvalue weighted by molar-refractivity contribution is 0.594. The molecule has 0 spiro atoms. The number of hydrogen-bond donors (Lipinski definition) is 1. The van der Waals surface area contributed by atoms with Gasteiger partial charge in [0.15, 0.2) is 0 Å². The van der Waals surface area contributed by atoms with E-state index in [1.54, 1.807) is 0 Å². The zero-order chi connectivity index (χ0) is 9.97. The van der Waals surface area contributed by atoms with E-state index in [4.69, 9.17) is 5.73 Å². The van der Waals surface area contributed by atoms with Gasteiger partial charge in [-0.3, -0.25) is 0 Å². The van der Waals surface area contributed by atoms with Gasteiger partial charge in [0.1, 0.15) is 0 Å². The van der Waals surface area contributed by atoms with Crippen molar-refractivity contribution in [2.75, 3.05) is 6.54 Å². The van der Waals surface area contributed by atoms with Crippen LogP contribution >= 0.6 is 0 Å². The van der Waals surface area contributed by atoms with Crippen LogP contribution in [0.25, 0.3) is 0 Å². The maximum Gasteiger partial charge on any atom is 0.0347 e. The van der Waals surface area contributed by atoms with Crippen LogP contribution in [0, 0.1) is 6.92 Å². The van der Waals surface area contributed by atoms with Crippen molar-refractivity contribution in [2.45, 2.75) is 45.1 Å². The Labute approximate surface area is 86.1 Å². The van der Waals surface area contributed by atoms with Gasteiger partial charge >= 0.3 is 0 Å². The third kappa shape index (κ3) is 1.71. The van der Waals surface area contributed by atoms with E-state index >= 15 is 0 Å². The monoisotopic (exact) mass is 192 g/mol. The predicted octanol–water partition coefficient (Wildman–Crippen LogP) is 2.41. The smallest absolute Gasteiger partial charge is 0.0347 e. The Kier molecular flexibility index (Phi) is 2.92. The summed E-state index contributed by atoms with van der Waals surface area (Å²) in [6.45, 7) is 3.90. The summed E-state index contributed by atoms with van der Waals surface area (Å²) in [5.41, 5.74) is 8.51. The van der Waals surface area contributed by atoms with E-state index < -0.39 is 0 Å². The zero-order valence-electron chi connectivity index (χ0n) is 9.00. The highest BCUT2D eigenvalue weighted by Gasteiger charge is 2.20. The van der Waals surface area contributed by atoms with Crippen LogP contribution in [0.2, 0.25) is 0 Å². The highest BCUT2D eigenvalue weighted by atomic mass is 15.0. The van der Waals surface area contributed by atoms with Crippen molar-refractivity contribution in [2.24, 2.45) is 5.73 Å². The number of hydrogen-bond acceptors (Lipinski definition) is 1. The van der Waals surface area contributed by atoms with Gasteiger partial charge in [-0.25, -0.2) is 0 Å². The molecule has 1 heterocycles. The topological polar surface area (TPSA) is 30.9 Å². The average molecular weight is 192 g/mol. The molecule has 1 aromatic heterocycles. The SMILES string of the molecule is Cc1ccc(C2CCCC2)n1CCN. The highest BCUT2D eigenvalue weighted by Crippen LogP contribution is 2.34. The largest absolute Gasteiger partial charge is 0.347 e. The summed E-state index contributed by atoms with van der Waals surface area (Å²) in [5.74, 6) is 0.801. The van der Waals surface area contributed by atoms with E-state index in [1.165, 1.54) is 37.1 Å². The van der Waals surface area contributed by atoms with Gasteiger partial charge < -0.3 is 10.3 Å². The van der Waals surface area contributed by atoms with Crippen molar-refractivity contribution >= 4 is 0 Å². The Morgan fingerprint density at radius 2 is 2.07 bits per heavy atom. The molecule has 14 heavy (non-hydrogen) atoms. The molecular formula is C12H20N2. The fourth-order valence-corrected chi connectivity index (χ4v) is 2.60. The highest BCUT2D eigenvalue weighted by molar-refractivity contribution is 5.19. The van der Waals surface area contributed by atoms with E-state index in [0.717, 1.165) is 19.0 Å². The fraction of sp³-hybridized carbons (Fsp3) is 0.667. The summed E-state index contributed by atoms with van der Waals surface area (Å²) < 4.78 is 2.40. The fourth-order valence-electron chi connectivity index (χ4n) is 2.60. The van der Waals surface area contributed by atoms with Crippen molar-refractivity contribution in [1.82, 2.24) is 4.57 Å². The predicted molar refractivity (Wildman–Crippen MR) is 59.4 cm³/mol. The molecule has 2 nitrogen and oxygen atoms in total. The van der Waals surface area contributed by atoms with Gasteiger partial charge in [-0.2, -0.15) is 0 Å². The van der Waals surface area contributed by atoms with Crippen LogP contribution in [-0.2, 0) is 6.54 Å². The average Bonchev–Trinajstić information content (AvgIpc) is 2.77. The first kappa shape index (κ1) is 9.78. The van der Waals surface area contributed by atoms with Crippen molar-refractivity contribution in [1.29, 1.82) is 0 Å². The summed E-state index contributed by atoms with van der Waals surface area (Å²) in [5, 5.41) is 0. The van der Waals surface area contributed by atoms with E-state index in [0.29, 0.717) is 0 Å². The summed E-state index contributed by atoms with van der Waals surface area (Å²) in [6, 6.07) is 4.52. The molecule has 0 bridgehead atoms. The second kappa shape index (κ2) is 4.18. The molecule has 0 aromatic carbocycles. The van der Waals surface area contributed by atoms with Crippen LogP contribution < -0.4 is 5.73 Å². The molecule has 0 aliphatic heterocycles. The number of nitrogens with zero attached hydrogens (tertiary/aromatic N) is 1. The second-order valence-corrected chi connectivity index (χ2v) is 4.32. The zero-order valence-corrected chi connectivity index (χ0v) is 9.00. The molecule has 0 amide bonds. The lowest BCUT2D eigenvalue weighted by Gasteiger charge is -2.15. The molecule has 1 fully saturated rings. The maximum absolute atomic E-state index is 5.64. The van der Waals surface area contributed by atoms with Gasteiger partial charge in [0.25, 0.3) is 0 Å². The van der Waals surface area contributed by atoms with E-state index in [2.05, 4.69) is 23.6 Å². The molecule has 1 saturated carbocycles. The lowest BCUT2D eigenvalue weighted by atomic mass is 10.0. The third-order valence-electron chi connectivity index (χ3n) is 3.36. The van der Waals surface area contributed by atoms with Crippen LogP contribution in [0.15, 0.2) is 12.1 Å². The number of nitrogens with two attached hydrogens (primary N) is 1. The standard InChI is InChI=1S/C12H20N2/c1-10-6-7-12(14(10)9-8-13)11-4-2-3-5-11/h6-7,11H,2-5,8-9,13H2,1H3. The van der Waals surface area contributed by atoms with E-state index in [9.17, 15) is 0 Å². The molecule has 0 atom stereocenters. The molecule has 0 unspecified atom stereocenters. The summed E-state index contributed by atoms with van der Waals surface area (Å²) in [6.07, 6.45) is 5.54. The van der Waals surface area contributed by atoms with Crippen LogP contribution in [0.1, 0.15) is 43.0 Å². The van der Waals surface area contributed by atoms with Crippen molar-refractivity contribution in [3.63, 3.8) is 0 Å². The molecule has 2 heteroatoms. The third-order valence-corrected chi connectivity index (χ3v) is 3.36. The minimum atomic E-state index is 0.745. The first-order valence-electron chi connectivity index (χ1n) is 5.69. The van der Waals surface area contributed by atoms with Crippen molar-refractivity contribution < 1.29 is 0 Å². The molecule has 2 rings (SSSR count). The lowest BCUT2D eigenvalue weighted by Crippen LogP contribution is -2.14. The Bertz CT molecular complexity index is 295. The number of aryl methyl sites for hydroxylation is 1. The van der Waals surface area contributed by atoms with E-state index in [1.807, 2.05) is 0 Å². The van der Waals surface area contributed by atoms with Gasteiger partial charge in [-0.15, -0.1) is 0 Å². The van der Waals surface area contributed by atoms with Crippen LogP contribution in [0.5, 0.6) is 0 Å². The Morgan fingerprint density at radius 3 is 2.71 bits per heavy atom. The first-order valence-corrected chi connectivity index (χ1v) is 5.69. The molecule has 2 N–H and O–H groups in total. The molecule has 1 aliphatic rings. The molecule has 1 aromatic rings. The second-order valence-electron chi connectivity index (χ2n) is 4.32. The van der Waals surface area contributed by atoms with Gasteiger partial charge in [0.05, 0.1) is 0 Å². The molecular weight excluding hydrogens is 172 g/mol. The van der Waals surface area contributed by atoms with Gasteiger partial charge in [-0.05, 0) is 37.8 Å². The van der Waals surface area contributed by atoms with Crippen LogP contribution in [-0.4, -0.2) is 11.1 Å². The number of aromatic nitrogens is 1. The molecule has 78 valence electrons. The van der Waals surface area contributed by atoms with E-state index in [-0.39, 0.29) is 0 Å². The summed E-state index contributed by atoms with van der Waals surface area (Å²) in [4.78, 5) is 0. The number of rotatable bonds is 3. The summed E-state index contributed by atoms with van der Waals surface area (Å²) >= 11 is 0. The Balaban J connectivity index is 2.22. The maximum atomic E-state index is 5.64. The minimum absolute atomic E-state index is 0.745. The molecule has 0 saturated heterocycles. The van der Waals surface area contributed by atoms with Gasteiger partial charge in [-0.1, -0.05) is 12.8 Å². The van der Waals surface area contributed by atoms with Crippen molar-refractivity contribution in [3.05, 3.63) is 23.5 Å². The Hall–Kier alpha value is -0.760. The summed E-state index contributed by atoms with van der Waals surface area (Å²) in [7, 11) is 0. The van der Waals surface area contributed by atoms with Crippen LogP contribution in [0.4, 0.5) is 0 Å². The van der Waals surface area contributed by atoms with Gasteiger partial charge in [0, 0.05) is 24.5 Å². The van der Waals surface area contributed by atoms with Gasteiger partial charge in [0.2, 0.25) is 0 Å².